The van der Waals surface area contributed by atoms with Crippen molar-refractivity contribution < 1.29 is 9.21 Å². The third-order valence-corrected chi connectivity index (χ3v) is 3.51. The molecule has 7 heteroatoms. The molecular formula is C15H13N5O2. The SMILES string of the molecule is O=C(Nc1cccc(-c2nnnn2C2CC2)c1)c1ccco1. The van der Waals surface area contributed by atoms with Crippen LogP contribution in [0, 0.1) is 0 Å². The van der Waals surface area contributed by atoms with Crippen molar-refractivity contribution in [3.8, 4) is 11.4 Å². The summed E-state index contributed by atoms with van der Waals surface area (Å²) in [5.74, 6) is 0.703. The number of hydrogen-bond acceptors (Lipinski definition) is 5. The molecule has 1 amide bonds. The first-order valence-corrected chi connectivity index (χ1v) is 7.04. The maximum Gasteiger partial charge on any atom is 0.291 e. The Morgan fingerprint density at radius 3 is 2.95 bits per heavy atom. The number of carbonyl (C=O) groups excluding carboxylic acids is 1. The van der Waals surface area contributed by atoms with Gasteiger partial charge in [-0.2, -0.15) is 0 Å². The van der Waals surface area contributed by atoms with Gasteiger partial charge in [0.2, 0.25) is 0 Å². The van der Waals surface area contributed by atoms with Crippen molar-refractivity contribution in [3.05, 3.63) is 48.4 Å². The molecule has 1 N–H and O–H groups in total. The van der Waals surface area contributed by atoms with Crippen LogP contribution in [0.1, 0.15) is 29.4 Å². The lowest BCUT2D eigenvalue weighted by Gasteiger charge is -2.06. The van der Waals surface area contributed by atoms with Crippen LogP contribution >= 0.6 is 0 Å². The Morgan fingerprint density at radius 2 is 2.18 bits per heavy atom. The van der Waals surface area contributed by atoms with E-state index in [4.69, 9.17) is 4.42 Å². The zero-order valence-corrected chi connectivity index (χ0v) is 11.6. The Morgan fingerprint density at radius 1 is 1.27 bits per heavy atom. The summed E-state index contributed by atoms with van der Waals surface area (Å²) in [5, 5.41) is 14.7. The van der Waals surface area contributed by atoms with Gasteiger partial charge in [-0.25, -0.2) is 4.68 Å². The zero-order valence-electron chi connectivity index (χ0n) is 11.6. The molecule has 0 bridgehead atoms. The van der Waals surface area contributed by atoms with Gasteiger partial charge in [0.05, 0.1) is 12.3 Å². The third-order valence-electron chi connectivity index (χ3n) is 3.51. The fourth-order valence-corrected chi connectivity index (χ4v) is 2.29. The first kappa shape index (κ1) is 12.8. The molecule has 0 aliphatic heterocycles. The van der Waals surface area contributed by atoms with E-state index in [0.29, 0.717) is 11.7 Å². The minimum absolute atomic E-state index is 0.271. The van der Waals surface area contributed by atoms with Crippen LogP contribution in [0.4, 0.5) is 5.69 Å². The summed E-state index contributed by atoms with van der Waals surface area (Å²) in [5.41, 5.74) is 1.54. The number of nitrogens with one attached hydrogen (secondary N) is 1. The molecule has 0 spiro atoms. The van der Waals surface area contributed by atoms with Crippen LogP contribution in [-0.2, 0) is 0 Å². The minimum Gasteiger partial charge on any atom is -0.459 e. The van der Waals surface area contributed by atoms with Gasteiger partial charge in [-0.05, 0) is 47.5 Å². The summed E-state index contributed by atoms with van der Waals surface area (Å²) >= 11 is 0. The fraction of sp³-hybridized carbons (Fsp3) is 0.200. The van der Waals surface area contributed by atoms with E-state index in [1.54, 1.807) is 12.1 Å². The number of furan rings is 1. The van der Waals surface area contributed by atoms with Gasteiger partial charge in [-0.1, -0.05) is 12.1 Å². The van der Waals surface area contributed by atoms with Crippen LogP contribution in [0.5, 0.6) is 0 Å². The van der Waals surface area contributed by atoms with E-state index in [1.807, 2.05) is 28.9 Å². The van der Waals surface area contributed by atoms with Crippen molar-refractivity contribution in [1.82, 2.24) is 20.2 Å². The first-order valence-electron chi connectivity index (χ1n) is 7.04. The van der Waals surface area contributed by atoms with Gasteiger partial charge in [-0.3, -0.25) is 4.79 Å². The quantitative estimate of drug-likeness (QED) is 0.799. The molecule has 3 aromatic rings. The molecule has 0 saturated heterocycles. The van der Waals surface area contributed by atoms with Crippen molar-refractivity contribution in [2.75, 3.05) is 5.32 Å². The highest BCUT2D eigenvalue weighted by molar-refractivity contribution is 6.02. The van der Waals surface area contributed by atoms with Crippen molar-refractivity contribution in [2.45, 2.75) is 18.9 Å². The topological polar surface area (TPSA) is 85.8 Å². The van der Waals surface area contributed by atoms with E-state index >= 15 is 0 Å². The molecule has 110 valence electrons. The molecule has 22 heavy (non-hydrogen) atoms. The largest absolute Gasteiger partial charge is 0.459 e. The van der Waals surface area contributed by atoms with E-state index in [-0.39, 0.29) is 11.7 Å². The molecule has 1 saturated carbocycles. The number of rotatable bonds is 4. The third kappa shape index (κ3) is 2.37. The number of anilines is 1. The maximum absolute atomic E-state index is 12.0. The maximum atomic E-state index is 12.0. The van der Waals surface area contributed by atoms with E-state index < -0.39 is 0 Å². The Bertz CT molecular complexity index is 805. The van der Waals surface area contributed by atoms with Crippen LogP contribution in [-0.4, -0.2) is 26.1 Å². The monoisotopic (exact) mass is 295 g/mol. The minimum atomic E-state index is -0.288. The van der Waals surface area contributed by atoms with Crippen molar-refractivity contribution in [1.29, 1.82) is 0 Å². The molecule has 2 heterocycles. The van der Waals surface area contributed by atoms with Crippen LogP contribution in [0.2, 0.25) is 0 Å². The van der Waals surface area contributed by atoms with Crippen molar-refractivity contribution >= 4 is 11.6 Å². The second-order valence-electron chi connectivity index (χ2n) is 5.19. The lowest BCUT2D eigenvalue weighted by atomic mass is 10.2. The predicted octanol–water partition coefficient (Wildman–Crippen LogP) is 2.52. The normalized spacial score (nSPS) is 14.0. The predicted molar refractivity (Wildman–Crippen MR) is 78.2 cm³/mol. The fourth-order valence-electron chi connectivity index (χ4n) is 2.29. The molecule has 4 rings (SSSR count). The Hall–Kier alpha value is -2.96. The summed E-state index contributed by atoms with van der Waals surface area (Å²) in [6, 6.07) is 11.1. The van der Waals surface area contributed by atoms with Crippen LogP contribution in [0.25, 0.3) is 11.4 Å². The molecule has 1 aliphatic rings. The molecule has 0 radical (unpaired) electrons. The Balaban J connectivity index is 1.60. The summed E-state index contributed by atoms with van der Waals surface area (Å²) in [4.78, 5) is 12.0. The second-order valence-corrected chi connectivity index (χ2v) is 5.19. The summed E-state index contributed by atoms with van der Waals surface area (Å²) in [6.07, 6.45) is 3.68. The second kappa shape index (κ2) is 5.10. The molecule has 7 nitrogen and oxygen atoms in total. The van der Waals surface area contributed by atoms with Gasteiger partial charge < -0.3 is 9.73 Å². The highest BCUT2D eigenvalue weighted by Crippen LogP contribution is 2.36. The number of nitrogens with zero attached hydrogens (tertiary/aromatic N) is 4. The molecule has 0 atom stereocenters. The van der Waals surface area contributed by atoms with Crippen LogP contribution in [0.3, 0.4) is 0 Å². The number of amides is 1. The molecule has 1 aromatic carbocycles. The number of benzene rings is 1. The highest BCUT2D eigenvalue weighted by Gasteiger charge is 2.28. The van der Waals surface area contributed by atoms with E-state index in [1.165, 1.54) is 6.26 Å². The smallest absolute Gasteiger partial charge is 0.291 e. The number of tetrazole rings is 1. The van der Waals surface area contributed by atoms with Gasteiger partial charge in [0, 0.05) is 11.3 Å². The number of aromatic nitrogens is 4. The van der Waals surface area contributed by atoms with Crippen LogP contribution < -0.4 is 5.32 Å². The van der Waals surface area contributed by atoms with E-state index in [9.17, 15) is 4.79 Å². The Kier molecular flexibility index (Phi) is 2.96. The average Bonchev–Trinajstić information content (AvgIpc) is 3.05. The standard InChI is InChI=1S/C15H13N5O2/c21-15(13-5-2-8-22-13)16-11-4-1-3-10(9-11)14-17-18-19-20(14)12-6-7-12/h1-5,8-9,12H,6-7H2,(H,16,21). The molecular weight excluding hydrogens is 282 g/mol. The van der Waals surface area contributed by atoms with E-state index in [0.717, 1.165) is 24.2 Å². The molecule has 2 aromatic heterocycles. The highest BCUT2D eigenvalue weighted by atomic mass is 16.3. The lowest BCUT2D eigenvalue weighted by molar-refractivity contribution is 0.0996. The zero-order chi connectivity index (χ0) is 14.9. The van der Waals surface area contributed by atoms with Gasteiger partial charge in [0.15, 0.2) is 11.6 Å². The van der Waals surface area contributed by atoms with Crippen molar-refractivity contribution in [3.63, 3.8) is 0 Å². The van der Waals surface area contributed by atoms with Gasteiger partial charge >= 0.3 is 0 Å². The summed E-state index contributed by atoms with van der Waals surface area (Å²) in [6.45, 7) is 0. The molecule has 1 aliphatic carbocycles. The van der Waals surface area contributed by atoms with Crippen molar-refractivity contribution in [2.24, 2.45) is 0 Å². The molecule has 1 fully saturated rings. The van der Waals surface area contributed by atoms with Gasteiger partial charge in [0.1, 0.15) is 0 Å². The van der Waals surface area contributed by atoms with Gasteiger partial charge in [-0.15, -0.1) is 5.10 Å². The number of hydrogen-bond donors (Lipinski definition) is 1. The number of carbonyl (C=O) groups is 1. The molecule has 0 unspecified atom stereocenters. The van der Waals surface area contributed by atoms with Gasteiger partial charge in [0.25, 0.3) is 5.91 Å². The first-order chi connectivity index (χ1) is 10.8. The average molecular weight is 295 g/mol. The lowest BCUT2D eigenvalue weighted by Crippen LogP contribution is -2.10. The summed E-state index contributed by atoms with van der Waals surface area (Å²) in [7, 11) is 0. The van der Waals surface area contributed by atoms with Crippen LogP contribution in [0.15, 0.2) is 47.1 Å². The van der Waals surface area contributed by atoms with E-state index in [2.05, 4.69) is 20.8 Å². The summed E-state index contributed by atoms with van der Waals surface area (Å²) < 4.78 is 6.92. The Labute approximate surface area is 125 Å².